The molecule has 0 radical (unpaired) electrons. The second-order valence-corrected chi connectivity index (χ2v) is 10.4. The van der Waals surface area contributed by atoms with Crippen molar-refractivity contribution in [1.82, 2.24) is 20.2 Å². The van der Waals surface area contributed by atoms with Crippen molar-refractivity contribution in [2.24, 2.45) is 0 Å². The highest BCUT2D eigenvalue weighted by Crippen LogP contribution is 2.54. The fourth-order valence-corrected chi connectivity index (χ4v) is 5.73. The molecule has 1 amide bonds. The zero-order valence-corrected chi connectivity index (χ0v) is 21.2. The first kappa shape index (κ1) is 23.2. The van der Waals surface area contributed by atoms with Crippen LogP contribution in [0, 0.1) is 0 Å². The van der Waals surface area contributed by atoms with Gasteiger partial charge >= 0.3 is 0 Å². The van der Waals surface area contributed by atoms with Gasteiger partial charge in [-0.25, -0.2) is 0 Å². The second-order valence-electron chi connectivity index (χ2n) is 9.99. The molecule has 1 saturated heterocycles. The number of ether oxygens (including phenoxy) is 2. The fraction of sp³-hybridized carbons (Fsp3) is 0.407. The molecule has 1 spiro atoms. The zero-order valence-electron chi connectivity index (χ0n) is 20.5. The molecule has 9 heteroatoms. The van der Waals surface area contributed by atoms with E-state index < -0.39 is 0 Å². The number of aromatic amines is 1. The number of amides is 1. The van der Waals surface area contributed by atoms with E-state index in [0.717, 1.165) is 42.8 Å². The summed E-state index contributed by atoms with van der Waals surface area (Å²) in [6.07, 6.45) is 7.87. The molecule has 2 aromatic heterocycles. The number of benzene rings is 1. The van der Waals surface area contributed by atoms with Gasteiger partial charge in [-0.15, -0.1) is 0 Å². The number of rotatable bonds is 7. The van der Waals surface area contributed by atoms with Crippen molar-refractivity contribution in [2.75, 3.05) is 39.2 Å². The lowest BCUT2D eigenvalue weighted by Gasteiger charge is -2.23. The van der Waals surface area contributed by atoms with E-state index in [1.54, 1.807) is 25.6 Å². The van der Waals surface area contributed by atoms with E-state index in [4.69, 9.17) is 21.1 Å². The van der Waals surface area contributed by atoms with Gasteiger partial charge in [0.15, 0.2) is 5.75 Å². The molecule has 1 aromatic carbocycles. The molecule has 2 aliphatic heterocycles. The summed E-state index contributed by atoms with van der Waals surface area (Å²) < 4.78 is 11.9. The summed E-state index contributed by atoms with van der Waals surface area (Å²) in [4.78, 5) is 23.5. The van der Waals surface area contributed by atoms with Gasteiger partial charge in [-0.1, -0.05) is 17.7 Å². The maximum absolute atomic E-state index is 13.2. The molecule has 36 heavy (non-hydrogen) atoms. The molecule has 0 unspecified atom stereocenters. The number of pyridine rings is 1. The van der Waals surface area contributed by atoms with E-state index in [9.17, 15) is 4.79 Å². The maximum atomic E-state index is 13.2. The first-order valence-electron chi connectivity index (χ1n) is 12.4. The predicted octanol–water partition coefficient (Wildman–Crippen LogP) is 4.73. The van der Waals surface area contributed by atoms with Gasteiger partial charge in [-0.2, -0.15) is 0 Å². The van der Waals surface area contributed by atoms with Crippen LogP contribution in [0.15, 0.2) is 36.7 Å². The van der Waals surface area contributed by atoms with E-state index >= 15 is 0 Å². The number of carbonyl (C=O) groups is 1. The van der Waals surface area contributed by atoms with Crippen LogP contribution in [0.25, 0.3) is 11.3 Å². The Balaban J connectivity index is 1.46. The number of fused-ring (bicyclic) bond motifs is 2. The SMILES string of the molecule is COc1c(Cl)cccc1Nc1c(-c2ccncc2OC[C@@H]2CCCN2C)[nH]c2c1C(=O)NCC21CC1. The maximum Gasteiger partial charge on any atom is 0.255 e. The van der Waals surface area contributed by atoms with Crippen LogP contribution in [-0.4, -0.2) is 60.7 Å². The van der Waals surface area contributed by atoms with Crippen molar-refractivity contribution in [3.63, 3.8) is 0 Å². The third-order valence-corrected chi connectivity index (χ3v) is 8.08. The molecule has 8 nitrogen and oxygen atoms in total. The Bertz CT molecular complexity index is 1320. The lowest BCUT2D eigenvalue weighted by atomic mass is 9.93. The molecule has 1 aliphatic carbocycles. The molecule has 3 aromatic rings. The van der Waals surface area contributed by atoms with Gasteiger partial charge in [0.05, 0.1) is 41.0 Å². The number of likely N-dealkylation sites (N-methyl/N-ethyl adjacent to an activating group) is 1. The molecule has 188 valence electrons. The van der Waals surface area contributed by atoms with Crippen LogP contribution in [0.2, 0.25) is 5.02 Å². The van der Waals surface area contributed by atoms with Crippen LogP contribution in [0.4, 0.5) is 11.4 Å². The summed E-state index contributed by atoms with van der Waals surface area (Å²) in [5, 5.41) is 7.07. The molecular weight excluding hydrogens is 478 g/mol. The van der Waals surface area contributed by atoms with Crippen LogP contribution >= 0.6 is 11.6 Å². The lowest BCUT2D eigenvalue weighted by Crippen LogP contribution is -2.39. The smallest absolute Gasteiger partial charge is 0.255 e. The normalized spacial score (nSPS) is 20.2. The largest absolute Gasteiger partial charge is 0.493 e. The highest BCUT2D eigenvalue weighted by atomic mass is 35.5. The second kappa shape index (κ2) is 9.01. The van der Waals surface area contributed by atoms with Crippen molar-refractivity contribution in [1.29, 1.82) is 0 Å². The third-order valence-electron chi connectivity index (χ3n) is 7.79. The molecule has 3 aliphatic rings. The van der Waals surface area contributed by atoms with Gasteiger partial charge in [0.25, 0.3) is 5.91 Å². The standard InChI is InChI=1S/C27H30ClN5O3/c1-33-12-4-5-16(33)14-36-20-13-29-11-8-17(20)22-23(31-19-7-3-6-18(28)24(19)35-2)21-25(32-22)27(9-10-27)15-30-26(21)34/h3,6-8,11,13,16,31-32H,4-5,9-10,12,14-15H2,1-2H3,(H,30,34)/t16-/m0/s1. The highest BCUT2D eigenvalue weighted by molar-refractivity contribution is 6.32. The lowest BCUT2D eigenvalue weighted by molar-refractivity contribution is 0.0938. The molecule has 6 rings (SSSR count). The Labute approximate surface area is 215 Å². The summed E-state index contributed by atoms with van der Waals surface area (Å²) in [7, 11) is 3.72. The van der Waals surface area contributed by atoms with Crippen LogP contribution in [0.1, 0.15) is 41.7 Å². The number of aromatic nitrogens is 2. The third kappa shape index (κ3) is 3.89. The van der Waals surface area contributed by atoms with Crippen molar-refractivity contribution < 1.29 is 14.3 Å². The Morgan fingerprint density at radius 1 is 1.31 bits per heavy atom. The molecule has 4 heterocycles. The first-order valence-corrected chi connectivity index (χ1v) is 12.8. The molecule has 1 atom stereocenters. The molecule has 2 fully saturated rings. The number of para-hydroxylation sites is 1. The molecule has 3 N–H and O–H groups in total. The Hall–Kier alpha value is -3.23. The average Bonchev–Trinajstić information content (AvgIpc) is 3.38. The van der Waals surface area contributed by atoms with Crippen LogP contribution in [0.3, 0.4) is 0 Å². The number of nitrogens with zero attached hydrogens (tertiary/aromatic N) is 2. The number of methoxy groups -OCH3 is 1. The van der Waals surface area contributed by atoms with Crippen molar-refractivity contribution >= 4 is 28.9 Å². The van der Waals surface area contributed by atoms with Gasteiger partial charge in [0.2, 0.25) is 0 Å². The van der Waals surface area contributed by atoms with Gasteiger partial charge in [-0.05, 0) is 57.5 Å². The number of carbonyl (C=O) groups excluding carboxylic acids is 1. The number of hydrogen-bond donors (Lipinski definition) is 3. The topological polar surface area (TPSA) is 91.5 Å². The number of likely N-dealkylation sites (tertiary alicyclic amines) is 1. The molecular formula is C27H30ClN5O3. The summed E-state index contributed by atoms with van der Waals surface area (Å²) >= 11 is 6.41. The minimum Gasteiger partial charge on any atom is -0.493 e. The predicted molar refractivity (Wildman–Crippen MR) is 140 cm³/mol. The van der Waals surface area contributed by atoms with Gasteiger partial charge in [0.1, 0.15) is 12.4 Å². The van der Waals surface area contributed by atoms with Gasteiger partial charge < -0.3 is 30.0 Å². The van der Waals surface area contributed by atoms with Crippen LogP contribution in [-0.2, 0) is 5.41 Å². The van der Waals surface area contributed by atoms with E-state index in [0.29, 0.717) is 52.7 Å². The van der Waals surface area contributed by atoms with Gasteiger partial charge in [-0.3, -0.25) is 9.78 Å². The quantitative estimate of drug-likeness (QED) is 0.428. The van der Waals surface area contributed by atoms with E-state index in [-0.39, 0.29) is 11.3 Å². The van der Waals surface area contributed by atoms with Crippen LogP contribution in [0.5, 0.6) is 11.5 Å². The summed E-state index contributed by atoms with van der Waals surface area (Å²) in [5.74, 6) is 1.10. The highest BCUT2D eigenvalue weighted by Gasteiger charge is 2.51. The molecule has 1 saturated carbocycles. The molecule has 0 bridgehead atoms. The minimum absolute atomic E-state index is 0.0447. The van der Waals surface area contributed by atoms with Crippen LogP contribution < -0.4 is 20.1 Å². The number of hydrogen-bond acceptors (Lipinski definition) is 6. The summed E-state index contributed by atoms with van der Waals surface area (Å²) in [6.45, 7) is 2.32. The average molecular weight is 508 g/mol. The van der Waals surface area contributed by atoms with E-state index in [2.05, 4.69) is 32.5 Å². The Morgan fingerprint density at radius 2 is 2.17 bits per heavy atom. The zero-order chi connectivity index (χ0) is 24.9. The number of H-pyrrole nitrogens is 1. The minimum atomic E-state index is -0.0994. The van der Waals surface area contributed by atoms with E-state index in [1.807, 2.05) is 18.2 Å². The number of halogens is 1. The summed E-state index contributed by atoms with van der Waals surface area (Å²) in [6, 6.07) is 7.83. The van der Waals surface area contributed by atoms with Crippen molar-refractivity contribution in [2.45, 2.75) is 37.1 Å². The Kier molecular flexibility index (Phi) is 5.80. The fourth-order valence-electron chi connectivity index (χ4n) is 5.48. The summed E-state index contributed by atoms with van der Waals surface area (Å²) in [5.41, 5.74) is 4.58. The van der Waals surface area contributed by atoms with Crippen molar-refractivity contribution in [3.05, 3.63) is 52.9 Å². The Morgan fingerprint density at radius 3 is 2.92 bits per heavy atom. The monoisotopic (exact) mass is 507 g/mol. The first-order chi connectivity index (χ1) is 17.5. The number of anilines is 2. The van der Waals surface area contributed by atoms with E-state index in [1.165, 1.54) is 6.42 Å². The van der Waals surface area contributed by atoms with Crippen molar-refractivity contribution in [3.8, 4) is 22.8 Å². The number of nitrogens with one attached hydrogen (secondary N) is 3. The van der Waals surface area contributed by atoms with Gasteiger partial charge in [0, 0.05) is 35.5 Å².